The van der Waals surface area contributed by atoms with Gasteiger partial charge in [-0.15, -0.1) is 18.9 Å². The van der Waals surface area contributed by atoms with Crippen molar-refractivity contribution < 1.29 is 32.4 Å². The number of hydrogen-bond donors (Lipinski definition) is 4. The molecule has 4 fully saturated rings. The van der Waals surface area contributed by atoms with E-state index in [4.69, 9.17) is 6.42 Å². The first kappa shape index (κ1) is 39.4. The van der Waals surface area contributed by atoms with E-state index in [0.29, 0.717) is 25.7 Å². The number of likely N-dealkylation sites (tertiary alicyclic amines) is 1. The van der Waals surface area contributed by atoms with Crippen LogP contribution in [0.5, 0.6) is 0 Å². The molecular weight excluding hydrogens is 659 g/mol. The summed E-state index contributed by atoms with van der Waals surface area (Å²) in [6, 6.07) is -3.78. The van der Waals surface area contributed by atoms with Crippen molar-refractivity contribution in [2.24, 2.45) is 22.7 Å². The van der Waals surface area contributed by atoms with Gasteiger partial charge in [0.1, 0.15) is 12.1 Å². The van der Waals surface area contributed by atoms with Gasteiger partial charge in [-0.1, -0.05) is 72.8 Å². The Morgan fingerprint density at radius 1 is 1.02 bits per heavy atom. The number of urea groups is 1. The molecule has 4 aliphatic rings. The van der Waals surface area contributed by atoms with Crippen LogP contribution in [-0.4, -0.2) is 90.6 Å². The second kappa shape index (κ2) is 15.5. The van der Waals surface area contributed by atoms with Crippen molar-refractivity contribution in [1.82, 2.24) is 26.2 Å². The van der Waals surface area contributed by atoms with Gasteiger partial charge in [0, 0.05) is 19.5 Å². The van der Waals surface area contributed by atoms with E-state index in [1.165, 1.54) is 11.0 Å². The highest BCUT2D eigenvalue weighted by atomic mass is 32.2. The number of nitrogens with one attached hydrogen (secondary N) is 4. The van der Waals surface area contributed by atoms with Gasteiger partial charge in [-0.25, -0.2) is 13.2 Å². The number of Topliss-reactive ketones (excluding diaryl/α,β-unsaturated/α-hetero) is 1. The third kappa shape index (κ3) is 8.72. The van der Waals surface area contributed by atoms with Gasteiger partial charge in [-0.2, -0.15) is 0 Å². The van der Waals surface area contributed by atoms with Crippen molar-refractivity contribution >= 4 is 39.4 Å². The number of amides is 5. The highest BCUT2D eigenvalue weighted by Crippen LogP contribution is 2.65. The molecule has 1 heterocycles. The molecular formula is C37H57N5O7S. The van der Waals surface area contributed by atoms with E-state index in [9.17, 15) is 32.4 Å². The molecule has 4 rings (SSSR count). The maximum absolute atomic E-state index is 14.5. The van der Waals surface area contributed by atoms with Crippen LogP contribution < -0.4 is 21.3 Å². The van der Waals surface area contributed by atoms with E-state index in [2.05, 4.69) is 33.8 Å². The van der Waals surface area contributed by atoms with Crippen LogP contribution in [-0.2, 0) is 29.0 Å². The number of piperidine rings is 1. The fraction of sp³-hybridized carbons (Fsp3) is 0.757. The molecule has 0 spiro atoms. The summed E-state index contributed by atoms with van der Waals surface area (Å²) in [4.78, 5) is 69.3. The van der Waals surface area contributed by atoms with Crippen LogP contribution in [0.1, 0.15) is 105 Å². The third-order valence-corrected chi connectivity index (χ3v) is 13.9. The molecule has 5 atom stereocenters. The van der Waals surface area contributed by atoms with Crippen LogP contribution >= 0.6 is 0 Å². The lowest BCUT2D eigenvalue weighted by Crippen LogP contribution is -2.64. The standard InChI is InChI=1S/C37H57N5O7S/c1-8-10-18-26(29(43)32(45)38-21-9-2)39-31(44)28-27-25(36(27,6)7)22-42(28)33(46)30(35(3,4)5)40-34(47)41-37(19-14-11-15-20-37)23-50(48,49)24-16-12-13-17-24/h1,9,24-28,30H,2,10-23H2,3-7H3,(H,38,45)(H,39,44)(H2,40,41,47)/t25-,26?,27-,28-,30+/m0/s1. The van der Waals surface area contributed by atoms with Crippen LogP contribution in [0.4, 0.5) is 4.79 Å². The van der Waals surface area contributed by atoms with E-state index in [1.807, 2.05) is 34.6 Å². The molecule has 50 heavy (non-hydrogen) atoms. The van der Waals surface area contributed by atoms with Gasteiger partial charge in [0.2, 0.25) is 17.6 Å². The number of carbonyl (C=O) groups is 5. The lowest BCUT2D eigenvalue weighted by Gasteiger charge is -2.41. The Morgan fingerprint density at radius 3 is 2.24 bits per heavy atom. The quantitative estimate of drug-likeness (QED) is 0.122. The molecule has 0 aromatic carbocycles. The number of sulfone groups is 1. The summed E-state index contributed by atoms with van der Waals surface area (Å²) in [5.74, 6) is -0.543. The van der Waals surface area contributed by atoms with Crippen LogP contribution in [0.2, 0.25) is 0 Å². The Morgan fingerprint density at radius 2 is 1.66 bits per heavy atom. The minimum absolute atomic E-state index is 0.0266. The van der Waals surface area contributed by atoms with Gasteiger partial charge in [0.25, 0.3) is 5.91 Å². The first-order valence-corrected chi connectivity index (χ1v) is 19.9. The van der Waals surface area contributed by atoms with Crippen molar-refractivity contribution in [2.45, 2.75) is 134 Å². The SMILES string of the molecule is C#CCCC(NC(=O)[C@@H]1[C@@H]2[C@H](CN1C(=O)[C@@H](NC(=O)NC1(CS(=O)(=O)C3CCCC3)CCCCC1)C(C)(C)C)C2(C)C)C(=O)C(=O)NCC=C. The molecule has 0 aromatic heterocycles. The number of fused-ring (bicyclic) bond motifs is 1. The molecule has 1 saturated heterocycles. The summed E-state index contributed by atoms with van der Waals surface area (Å²) >= 11 is 0. The molecule has 278 valence electrons. The van der Waals surface area contributed by atoms with Crippen LogP contribution in [0.25, 0.3) is 0 Å². The van der Waals surface area contributed by atoms with Gasteiger partial charge in [0.05, 0.1) is 22.6 Å². The smallest absolute Gasteiger partial charge is 0.315 e. The Bertz CT molecular complexity index is 1480. The zero-order valence-corrected chi connectivity index (χ0v) is 31.3. The monoisotopic (exact) mass is 715 g/mol. The Labute approximate surface area is 298 Å². The van der Waals surface area contributed by atoms with E-state index in [1.54, 1.807) is 0 Å². The normalized spacial score (nSPS) is 25.3. The average molecular weight is 716 g/mol. The predicted octanol–water partition coefficient (Wildman–Crippen LogP) is 3.01. The number of hydrogen-bond acceptors (Lipinski definition) is 7. The topological polar surface area (TPSA) is 171 Å². The maximum atomic E-state index is 14.5. The predicted molar refractivity (Wildman–Crippen MR) is 191 cm³/mol. The molecule has 0 bridgehead atoms. The summed E-state index contributed by atoms with van der Waals surface area (Å²) < 4.78 is 26.9. The first-order chi connectivity index (χ1) is 23.4. The molecule has 3 aliphatic carbocycles. The molecule has 5 amide bonds. The van der Waals surface area contributed by atoms with Crippen LogP contribution in [0, 0.1) is 35.0 Å². The van der Waals surface area contributed by atoms with Crippen molar-refractivity contribution in [3.05, 3.63) is 12.7 Å². The average Bonchev–Trinajstić information content (AvgIpc) is 3.51. The Hall–Kier alpha value is -3.40. The van der Waals surface area contributed by atoms with Crippen molar-refractivity contribution in [1.29, 1.82) is 0 Å². The summed E-state index contributed by atoms with van der Waals surface area (Å²) in [6.45, 7) is 13.4. The second-order valence-corrected chi connectivity index (χ2v) is 18.8. The molecule has 0 aromatic rings. The lowest BCUT2D eigenvalue weighted by molar-refractivity contribution is -0.145. The zero-order chi connectivity index (χ0) is 37.1. The molecule has 1 unspecified atom stereocenters. The van der Waals surface area contributed by atoms with E-state index >= 15 is 0 Å². The van der Waals surface area contributed by atoms with Gasteiger partial charge in [0.15, 0.2) is 9.84 Å². The molecule has 12 nitrogen and oxygen atoms in total. The van der Waals surface area contributed by atoms with Crippen molar-refractivity contribution in [3.63, 3.8) is 0 Å². The van der Waals surface area contributed by atoms with Gasteiger partial charge < -0.3 is 26.2 Å². The van der Waals surface area contributed by atoms with E-state index in [0.717, 1.165) is 32.1 Å². The fourth-order valence-corrected chi connectivity index (χ4v) is 10.9. The highest BCUT2D eigenvalue weighted by Gasteiger charge is 2.70. The highest BCUT2D eigenvalue weighted by molar-refractivity contribution is 7.92. The molecule has 3 saturated carbocycles. The number of terminal acetylenes is 1. The molecule has 0 radical (unpaired) electrons. The summed E-state index contributed by atoms with van der Waals surface area (Å²) in [6.07, 6.45) is 13.8. The number of carbonyl (C=O) groups excluding carboxylic acids is 5. The second-order valence-electron chi connectivity index (χ2n) is 16.5. The maximum Gasteiger partial charge on any atom is 0.315 e. The minimum Gasteiger partial charge on any atom is -0.346 e. The fourth-order valence-electron chi connectivity index (χ4n) is 8.48. The summed E-state index contributed by atoms with van der Waals surface area (Å²) in [5.41, 5.74) is -1.94. The van der Waals surface area contributed by atoms with Crippen molar-refractivity contribution in [2.75, 3.05) is 18.8 Å². The Balaban J connectivity index is 1.54. The van der Waals surface area contributed by atoms with E-state index < -0.39 is 68.5 Å². The Kier molecular flexibility index (Phi) is 12.2. The molecule has 13 heteroatoms. The number of ketones is 1. The largest absolute Gasteiger partial charge is 0.346 e. The van der Waals surface area contributed by atoms with Gasteiger partial charge >= 0.3 is 6.03 Å². The molecule has 1 aliphatic heterocycles. The van der Waals surface area contributed by atoms with Crippen LogP contribution in [0.3, 0.4) is 0 Å². The number of rotatable bonds is 14. The van der Waals surface area contributed by atoms with Crippen LogP contribution in [0.15, 0.2) is 12.7 Å². The summed E-state index contributed by atoms with van der Waals surface area (Å²) in [7, 11) is -3.44. The number of nitrogens with zero attached hydrogens (tertiary/aromatic N) is 1. The van der Waals surface area contributed by atoms with Gasteiger partial charge in [-0.05, 0) is 54.8 Å². The van der Waals surface area contributed by atoms with E-state index in [-0.39, 0.29) is 54.2 Å². The first-order valence-electron chi connectivity index (χ1n) is 18.2. The lowest BCUT2D eigenvalue weighted by atomic mass is 9.83. The minimum atomic E-state index is -3.44. The summed E-state index contributed by atoms with van der Waals surface area (Å²) in [5, 5.41) is 10.7. The zero-order valence-electron chi connectivity index (χ0n) is 30.4. The third-order valence-electron chi connectivity index (χ3n) is 11.5. The molecule has 4 N–H and O–H groups in total. The van der Waals surface area contributed by atoms with Gasteiger partial charge in [-0.3, -0.25) is 19.2 Å². The van der Waals surface area contributed by atoms with Crippen molar-refractivity contribution in [3.8, 4) is 12.3 Å².